The topological polar surface area (TPSA) is 61.7 Å². The highest BCUT2D eigenvalue weighted by Gasteiger charge is 2.18. The molecule has 0 aliphatic heterocycles. The summed E-state index contributed by atoms with van der Waals surface area (Å²) in [6.45, 7) is 5.26. The van der Waals surface area contributed by atoms with Crippen LogP contribution in [0.4, 0.5) is 0 Å². The number of ether oxygens (including phenoxy) is 1. The largest absolute Gasteiger partial charge is 0.396 e. The van der Waals surface area contributed by atoms with Crippen molar-refractivity contribution >= 4 is 0 Å². The van der Waals surface area contributed by atoms with E-state index in [0.29, 0.717) is 31.6 Å². The van der Waals surface area contributed by atoms with Crippen molar-refractivity contribution in [2.24, 2.45) is 11.8 Å². The van der Waals surface area contributed by atoms with Crippen LogP contribution in [0.15, 0.2) is 12.2 Å². The van der Waals surface area contributed by atoms with Crippen molar-refractivity contribution in [3.05, 3.63) is 12.2 Å². The molecule has 124 valence electrons. The van der Waals surface area contributed by atoms with E-state index in [2.05, 4.69) is 24.4 Å². The molecule has 0 bridgehead atoms. The second kappa shape index (κ2) is 12.2. The molecule has 21 heavy (non-hydrogen) atoms. The Kier molecular flexibility index (Phi) is 10.8. The first-order valence-corrected chi connectivity index (χ1v) is 8.46. The number of allylic oxidation sites excluding steroid dienone is 2. The normalized spacial score (nSPS) is 23.4. The Morgan fingerprint density at radius 1 is 1.19 bits per heavy atom. The van der Waals surface area contributed by atoms with E-state index >= 15 is 0 Å². The lowest BCUT2D eigenvalue weighted by Gasteiger charge is -2.25. The number of aliphatic hydroxyl groups excluding tert-OH is 2. The monoisotopic (exact) mass is 299 g/mol. The van der Waals surface area contributed by atoms with Gasteiger partial charge in [0.05, 0.1) is 19.3 Å². The molecule has 4 heteroatoms. The van der Waals surface area contributed by atoms with E-state index in [1.165, 1.54) is 0 Å². The van der Waals surface area contributed by atoms with Gasteiger partial charge in [-0.1, -0.05) is 31.9 Å². The molecule has 0 aromatic carbocycles. The highest BCUT2D eigenvalue weighted by atomic mass is 16.5. The van der Waals surface area contributed by atoms with Crippen LogP contribution < -0.4 is 5.32 Å². The average molecular weight is 299 g/mol. The van der Waals surface area contributed by atoms with E-state index in [1.54, 1.807) is 0 Å². The van der Waals surface area contributed by atoms with Gasteiger partial charge < -0.3 is 20.3 Å². The third-order valence-corrected chi connectivity index (χ3v) is 4.20. The predicted octanol–water partition coefficient (Wildman–Crippen LogP) is 2.11. The minimum atomic E-state index is -0.420. The van der Waals surface area contributed by atoms with Gasteiger partial charge in [-0.2, -0.15) is 0 Å². The third-order valence-electron chi connectivity index (χ3n) is 4.20. The number of aliphatic hydroxyl groups is 2. The maximum Gasteiger partial charge on any atom is 0.0897 e. The smallest absolute Gasteiger partial charge is 0.0897 e. The van der Waals surface area contributed by atoms with E-state index in [1.807, 2.05) is 0 Å². The SMILES string of the molecule is CC1CC=CCC1COCC(O)CNCCCCCCO. The molecular weight excluding hydrogens is 266 g/mol. The molecule has 1 rings (SSSR count). The van der Waals surface area contributed by atoms with Crippen molar-refractivity contribution in [3.63, 3.8) is 0 Å². The molecule has 0 spiro atoms. The van der Waals surface area contributed by atoms with Gasteiger partial charge in [0, 0.05) is 13.2 Å². The van der Waals surface area contributed by atoms with Crippen molar-refractivity contribution in [2.45, 2.75) is 51.6 Å². The number of rotatable bonds is 12. The van der Waals surface area contributed by atoms with Crippen LogP contribution in [0, 0.1) is 11.8 Å². The number of nitrogens with one attached hydrogen (secondary N) is 1. The van der Waals surface area contributed by atoms with Gasteiger partial charge in [0.25, 0.3) is 0 Å². The summed E-state index contributed by atoms with van der Waals surface area (Å²) in [6.07, 6.45) is 10.5. The molecule has 0 amide bonds. The molecule has 3 unspecified atom stereocenters. The van der Waals surface area contributed by atoms with E-state index in [-0.39, 0.29) is 0 Å². The number of unbranched alkanes of at least 4 members (excludes halogenated alkanes) is 3. The fourth-order valence-corrected chi connectivity index (χ4v) is 2.64. The molecule has 1 aliphatic carbocycles. The fourth-order valence-electron chi connectivity index (χ4n) is 2.64. The van der Waals surface area contributed by atoms with Gasteiger partial charge >= 0.3 is 0 Å². The lowest BCUT2D eigenvalue weighted by Crippen LogP contribution is -2.32. The maximum absolute atomic E-state index is 9.85. The van der Waals surface area contributed by atoms with Gasteiger partial charge in [0.1, 0.15) is 0 Å². The van der Waals surface area contributed by atoms with Crippen molar-refractivity contribution in [3.8, 4) is 0 Å². The molecule has 3 atom stereocenters. The molecule has 0 heterocycles. The molecule has 0 saturated carbocycles. The zero-order valence-corrected chi connectivity index (χ0v) is 13.5. The van der Waals surface area contributed by atoms with Crippen LogP contribution in [0.3, 0.4) is 0 Å². The van der Waals surface area contributed by atoms with Crippen molar-refractivity contribution in [1.29, 1.82) is 0 Å². The van der Waals surface area contributed by atoms with Crippen LogP contribution in [0.2, 0.25) is 0 Å². The Morgan fingerprint density at radius 3 is 2.71 bits per heavy atom. The Bertz CT molecular complexity index is 271. The van der Waals surface area contributed by atoms with E-state index in [4.69, 9.17) is 9.84 Å². The lowest BCUT2D eigenvalue weighted by molar-refractivity contribution is 0.0129. The quantitative estimate of drug-likeness (QED) is 0.381. The van der Waals surface area contributed by atoms with Gasteiger partial charge in [-0.25, -0.2) is 0 Å². The van der Waals surface area contributed by atoms with Crippen LogP contribution in [0.1, 0.15) is 45.4 Å². The minimum absolute atomic E-state index is 0.291. The van der Waals surface area contributed by atoms with E-state index in [0.717, 1.165) is 51.7 Å². The van der Waals surface area contributed by atoms with Crippen LogP contribution in [-0.4, -0.2) is 49.2 Å². The zero-order valence-electron chi connectivity index (χ0n) is 13.5. The Morgan fingerprint density at radius 2 is 1.95 bits per heavy atom. The van der Waals surface area contributed by atoms with E-state index < -0.39 is 6.10 Å². The van der Waals surface area contributed by atoms with Crippen molar-refractivity contribution in [2.75, 3.05) is 32.9 Å². The minimum Gasteiger partial charge on any atom is -0.396 e. The zero-order chi connectivity index (χ0) is 15.3. The molecule has 0 aromatic heterocycles. The molecule has 3 N–H and O–H groups in total. The van der Waals surface area contributed by atoms with E-state index in [9.17, 15) is 5.11 Å². The second-order valence-electron chi connectivity index (χ2n) is 6.21. The summed E-state index contributed by atoms with van der Waals surface area (Å²) in [7, 11) is 0. The van der Waals surface area contributed by atoms with Crippen LogP contribution in [0.25, 0.3) is 0 Å². The lowest BCUT2D eigenvalue weighted by atomic mass is 9.85. The first kappa shape index (κ1) is 18.6. The van der Waals surface area contributed by atoms with Gasteiger partial charge in [0.15, 0.2) is 0 Å². The molecule has 0 fully saturated rings. The van der Waals surface area contributed by atoms with Gasteiger partial charge in [-0.3, -0.25) is 0 Å². The second-order valence-corrected chi connectivity index (χ2v) is 6.21. The summed E-state index contributed by atoms with van der Waals surface area (Å²) in [5.41, 5.74) is 0. The van der Waals surface area contributed by atoms with Gasteiger partial charge in [-0.15, -0.1) is 0 Å². The summed E-state index contributed by atoms with van der Waals surface area (Å²) in [5.74, 6) is 1.28. The highest BCUT2D eigenvalue weighted by Crippen LogP contribution is 2.24. The Labute approximate surface area is 129 Å². The molecule has 0 aromatic rings. The Balaban J connectivity index is 1.91. The van der Waals surface area contributed by atoms with Crippen LogP contribution in [0.5, 0.6) is 0 Å². The van der Waals surface area contributed by atoms with Gasteiger partial charge in [-0.05, 0) is 44.1 Å². The standard InChI is InChI=1S/C17H33NO3/c1-15-8-4-5-9-16(15)13-21-14-17(20)12-18-10-6-2-3-7-11-19/h4-5,15-20H,2-3,6-14H2,1H3. The molecule has 0 saturated heterocycles. The molecule has 0 radical (unpaired) electrons. The van der Waals surface area contributed by atoms with Crippen molar-refractivity contribution < 1.29 is 14.9 Å². The van der Waals surface area contributed by atoms with Crippen molar-refractivity contribution in [1.82, 2.24) is 5.32 Å². The summed E-state index contributed by atoms with van der Waals surface area (Å²) in [4.78, 5) is 0. The van der Waals surface area contributed by atoms with Crippen LogP contribution >= 0.6 is 0 Å². The van der Waals surface area contributed by atoms with Crippen LogP contribution in [-0.2, 0) is 4.74 Å². The first-order valence-electron chi connectivity index (χ1n) is 8.46. The molecule has 4 nitrogen and oxygen atoms in total. The fraction of sp³-hybridized carbons (Fsp3) is 0.882. The first-order chi connectivity index (χ1) is 10.2. The summed E-state index contributed by atoms with van der Waals surface area (Å²) in [6, 6.07) is 0. The summed E-state index contributed by atoms with van der Waals surface area (Å²) in [5, 5.41) is 21.8. The molecular formula is C17H33NO3. The average Bonchev–Trinajstić information content (AvgIpc) is 2.48. The molecule has 1 aliphatic rings. The third kappa shape index (κ3) is 9.25. The predicted molar refractivity (Wildman–Crippen MR) is 86.3 cm³/mol. The highest BCUT2D eigenvalue weighted by molar-refractivity contribution is 4.93. The number of hydrogen-bond acceptors (Lipinski definition) is 4. The summed E-state index contributed by atoms with van der Waals surface area (Å²) >= 11 is 0. The van der Waals surface area contributed by atoms with Gasteiger partial charge in [0.2, 0.25) is 0 Å². The number of hydrogen-bond donors (Lipinski definition) is 3. The summed E-state index contributed by atoms with van der Waals surface area (Å²) < 4.78 is 5.66. The maximum atomic E-state index is 9.85. The Hall–Kier alpha value is -0.420.